The molecule has 134 valence electrons. The number of nitrogens with one attached hydrogen (secondary N) is 2. The van der Waals surface area contributed by atoms with Crippen molar-refractivity contribution >= 4 is 22.8 Å². The minimum absolute atomic E-state index is 0.255. The molecule has 0 aliphatic rings. The number of hydrogen-bond donors (Lipinski definition) is 3. The highest BCUT2D eigenvalue weighted by Gasteiger charge is 2.12. The van der Waals surface area contributed by atoms with Gasteiger partial charge in [0.1, 0.15) is 17.9 Å². The second-order valence-electron chi connectivity index (χ2n) is 5.72. The first-order valence-corrected chi connectivity index (χ1v) is 8.02. The molecule has 0 atom stereocenters. The Morgan fingerprint density at radius 3 is 2.58 bits per heavy atom. The van der Waals surface area contributed by atoms with Crippen molar-refractivity contribution in [3.05, 3.63) is 65.4 Å². The van der Waals surface area contributed by atoms with Crippen LogP contribution in [0.25, 0.3) is 11.0 Å². The maximum atomic E-state index is 12.1. The summed E-state index contributed by atoms with van der Waals surface area (Å²) in [5, 5.41) is 12.2. The average molecular weight is 354 g/mol. The van der Waals surface area contributed by atoms with Crippen LogP contribution in [0.1, 0.15) is 26.5 Å². The Hall–Kier alpha value is -3.32. The molecule has 0 saturated heterocycles. The van der Waals surface area contributed by atoms with E-state index >= 15 is 0 Å². The van der Waals surface area contributed by atoms with Crippen molar-refractivity contribution < 1.29 is 24.0 Å². The van der Waals surface area contributed by atoms with Crippen molar-refractivity contribution in [3.63, 3.8) is 0 Å². The van der Waals surface area contributed by atoms with Crippen LogP contribution < -0.4 is 15.5 Å². The van der Waals surface area contributed by atoms with Crippen molar-refractivity contribution in [1.82, 2.24) is 10.8 Å². The molecule has 0 fully saturated rings. The van der Waals surface area contributed by atoms with Crippen LogP contribution in [0.2, 0.25) is 0 Å². The standard InChI is InChI=1S/C19H18N2O5/c1-12-2-3-14-11-17(26-16(14)10-12)19(23)20-8-9-25-15-6-4-13(5-7-15)18(22)21-24/h2-7,10-11,24H,8-9H2,1H3,(H,20,23)(H,21,22). The van der Waals surface area contributed by atoms with Gasteiger partial charge in [-0.2, -0.15) is 0 Å². The van der Waals surface area contributed by atoms with Crippen LogP contribution >= 0.6 is 0 Å². The van der Waals surface area contributed by atoms with Crippen LogP contribution in [0.3, 0.4) is 0 Å². The largest absolute Gasteiger partial charge is 0.492 e. The number of rotatable bonds is 6. The summed E-state index contributed by atoms with van der Waals surface area (Å²) >= 11 is 0. The van der Waals surface area contributed by atoms with Gasteiger partial charge in [-0.05, 0) is 48.9 Å². The molecule has 1 heterocycles. The van der Waals surface area contributed by atoms with E-state index in [2.05, 4.69) is 5.32 Å². The predicted octanol–water partition coefficient (Wildman–Crippen LogP) is 2.67. The lowest BCUT2D eigenvalue weighted by Crippen LogP contribution is -2.27. The van der Waals surface area contributed by atoms with E-state index in [4.69, 9.17) is 14.4 Å². The first-order chi connectivity index (χ1) is 12.6. The fourth-order valence-corrected chi connectivity index (χ4v) is 2.44. The van der Waals surface area contributed by atoms with Crippen LogP contribution in [0.4, 0.5) is 0 Å². The molecule has 7 nitrogen and oxygen atoms in total. The van der Waals surface area contributed by atoms with E-state index in [9.17, 15) is 9.59 Å². The van der Waals surface area contributed by atoms with Gasteiger partial charge in [-0.25, -0.2) is 5.48 Å². The lowest BCUT2D eigenvalue weighted by molar-refractivity contribution is 0.0706. The molecule has 26 heavy (non-hydrogen) atoms. The Morgan fingerprint density at radius 2 is 1.85 bits per heavy atom. The summed E-state index contributed by atoms with van der Waals surface area (Å²) in [5.74, 6) is -0.0971. The molecule has 3 N–H and O–H groups in total. The third kappa shape index (κ3) is 4.01. The summed E-state index contributed by atoms with van der Waals surface area (Å²) < 4.78 is 11.1. The summed E-state index contributed by atoms with van der Waals surface area (Å²) in [6.45, 7) is 2.52. The van der Waals surface area contributed by atoms with Gasteiger partial charge in [-0.1, -0.05) is 12.1 Å². The zero-order valence-corrected chi connectivity index (χ0v) is 14.1. The Kier molecular flexibility index (Phi) is 5.19. The van der Waals surface area contributed by atoms with Gasteiger partial charge >= 0.3 is 0 Å². The van der Waals surface area contributed by atoms with E-state index in [0.29, 0.717) is 23.4 Å². The molecule has 0 bridgehead atoms. The summed E-state index contributed by atoms with van der Waals surface area (Å²) in [6.07, 6.45) is 0. The number of carbonyl (C=O) groups is 2. The van der Waals surface area contributed by atoms with Gasteiger partial charge in [0.2, 0.25) is 0 Å². The summed E-state index contributed by atoms with van der Waals surface area (Å²) in [6, 6.07) is 13.7. The number of furan rings is 1. The summed E-state index contributed by atoms with van der Waals surface area (Å²) in [7, 11) is 0. The number of ether oxygens (including phenoxy) is 1. The van der Waals surface area contributed by atoms with Crippen molar-refractivity contribution in [2.24, 2.45) is 0 Å². The SMILES string of the molecule is Cc1ccc2cc(C(=O)NCCOc3ccc(C(=O)NO)cc3)oc2c1. The number of aryl methyl sites for hydroxylation is 1. The third-order valence-electron chi connectivity index (χ3n) is 3.77. The summed E-state index contributed by atoms with van der Waals surface area (Å²) in [5.41, 5.74) is 3.61. The van der Waals surface area contributed by atoms with Crippen molar-refractivity contribution in [3.8, 4) is 5.75 Å². The number of carbonyl (C=O) groups excluding carboxylic acids is 2. The maximum absolute atomic E-state index is 12.1. The van der Waals surface area contributed by atoms with E-state index < -0.39 is 5.91 Å². The molecular weight excluding hydrogens is 336 g/mol. The van der Waals surface area contributed by atoms with Gasteiger partial charge in [0, 0.05) is 10.9 Å². The van der Waals surface area contributed by atoms with Crippen LogP contribution in [-0.2, 0) is 0 Å². The van der Waals surface area contributed by atoms with Crippen molar-refractivity contribution in [1.29, 1.82) is 0 Å². The number of hydroxylamine groups is 1. The second kappa shape index (κ2) is 7.71. The Balaban J connectivity index is 1.49. The first kappa shape index (κ1) is 17.5. The van der Waals surface area contributed by atoms with Gasteiger partial charge < -0.3 is 14.5 Å². The highest BCUT2D eigenvalue weighted by Crippen LogP contribution is 2.20. The molecule has 7 heteroatoms. The molecule has 2 aromatic carbocycles. The first-order valence-electron chi connectivity index (χ1n) is 8.02. The van der Waals surface area contributed by atoms with Gasteiger partial charge in [0.25, 0.3) is 11.8 Å². The molecule has 0 aliphatic heterocycles. The van der Waals surface area contributed by atoms with E-state index in [0.717, 1.165) is 10.9 Å². The molecule has 3 rings (SSSR count). The average Bonchev–Trinajstić information content (AvgIpc) is 3.08. The van der Waals surface area contributed by atoms with Gasteiger partial charge in [0.15, 0.2) is 5.76 Å². The molecule has 2 amide bonds. The quantitative estimate of drug-likeness (QED) is 0.359. The Bertz CT molecular complexity index is 931. The number of benzene rings is 2. The molecule has 0 saturated carbocycles. The van der Waals surface area contributed by atoms with Crippen molar-refractivity contribution in [2.75, 3.05) is 13.2 Å². The Morgan fingerprint density at radius 1 is 1.08 bits per heavy atom. The van der Waals surface area contributed by atoms with Crippen LogP contribution in [0.5, 0.6) is 5.75 Å². The summed E-state index contributed by atoms with van der Waals surface area (Å²) in [4.78, 5) is 23.4. The smallest absolute Gasteiger partial charge is 0.287 e. The maximum Gasteiger partial charge on any atom is 0.287 e. The second-order valence-corrected chi connectivity index (χ2v) is 5.72. The minimum atomic E-state index is -0.593. The zero-order chi connectivity index (χ0) is 18.5. The molecule has 0 aliphatic carbocycles. The minimum Gasteiger partial charge on any atom is -0.492 e. The molecule has 0 radical (unpaired) electrons. The van der Waals surface area contributed by atoms with Crippen LogP contribution in [0.15, 0.2) is 52.9 Å². The highest BCUT2D eigenvalue weighted by molar-refractivity contribution is 5.96. The lowest BCUT2D eigenvalue weighted by atomic mass is 10.2. The normalized spacial score (nSPS) is 10.5. The van der Waals surface area contributed by atoms with E-state index in [1.165, 1.54) is 12.1 Å². The van der Waals surface area contributed by atoms with E-state index in [1.807, 2.05) is 25.1 Å². The monoisotopic (exact) mass is 354 g/mol. The third-order valence-corrected chi connectivity index (χ3v) is 3.77. The molecular formula is C19H18N2O5. The fraction of sp³-hybridized carbons (Fsp3) is 0.158. The van der Waals surface area contributed by atoms with Crippen LogP contribution in [0, 0.1) is 6.92 Å². The number of fused-ring (bicyclic) bond motifs is 1. The molecule has 0 spiro atoms. The number of hydrogen-bond acceptors (Lipinski definition) is 5. The molecule has 3 aromatic rings. The van der Waals surface area contributed by atoms with Gasteiger partial charge in [-0.15, -0.1) is 0 Å². The van der Waals surface area contributed by atoms with Gasteiger partial charge in [0.05, 0.1) is 6.54 Å². The zero-order valence-electron chi connectivity index (χ0n) is 14.1. The molecule has 1 aromatic heterocycles. The topological polar surface area (TPSA) is 101 Å². The highest BCUT2D eigenvalue weighted by atomic mass is 16.5. The fourth-order valence-electron chi connectivity index (χ4n) is 2.44. The molecule has 0 unspecified atom stereocenters. The van der Waals surface area contributed by atoms with E-state index in [1.54, 1.807) is 23.7 Å². The number of amides is 2. The Labute approximate surface area is 149 Å². The lowest BCUT2D eigenvalue weighted by Gasteiger charge is -2.07. The predicted molar refractivity (Wildman–Crippen MR) is 94.5 cm³/mol. The van der Waals surface area contributed by atoms with Crippen molar-refractivity contribution in [2.45, 2.75) is 6.92 Å². The van der Waals surface area contributed by atoms with Gasteiger partial charge in [-0.3, -0.25) is 14.8 Å². The van der Waals surface area contributed by atoms with E-state index in [-0.39, 0.29) is 18.3 Å². The van der Waals surface area contributed by atoms with Crippen LogP contribution in [-0.4, -0.2) is 30.2 Å².